The molecule has 0 spiro atoms. The van der Waals surface area contributed by atoms with Crippen molar-refractivity contribution in [1.82, 2.24) is 5.32 Å². The molecule has 0 saturated heterocycles. The third kappa shape index (κ3) is 4.84. The van der Waals surface area contributed by atoms with Crippen molar-refractivity contribution in [3.8, 4) is 0 Å². The van der Waals surface area contributed by atoms with E-state index in [1.54, 1.807) is 0 Å². The van der Waals surface area contributed by atoms with Gasteiger partial charge in [-0.2, -0.15) is 0 Å². The van der Waals surface area contributed by atoms with E-state index in [0.717, 1.165) is 19.7 Å². The first-order chi connectivity index (χ1) is 7.66. The maximum atomic E-state index is 5.34. The lowest BCUT2D eigenvalue weighted by molar-refractivity contribution is 0.0572. The molecule has 0 saturated carbocycles. The molecule has 0 aliphatic rings. The van der Waals surface area contributed by atoms with Crippen LogP contribution in [0.4, 0.5) is 0 Å². The summed E-state index contributed by atoms with van der Waals surface area (Å²) in [5.74, 6) is 0.632. The van der Waals surface area contributed by atoms with Crippen LogP contribution in [0, 0.1) is 11.3 Å². The van der Waals surface area contributed by atoms with Crippen molar-refractivity contribution in [2.45, 2.75) is 53.4 Å². The van der Waals surface area contributed by atoms with Gasteiger partial charge in [0.15, 0.2) is 0 Å². The fourth-order valence-electron chi connectivity index (χ4n) is 2.49. The molecule has 0 fully saturated rings. The number of unbranched alkanes of at least 4 members (excludes halogenated alkanes) is 1. The molecule has 1 N–H and O–H groups in total. The number of rotatable bonds is 10. The van der Waals surface area contributed by atoms with Crippen LogP contribution in [-0.2, 0) is 4.74 Å². The third-order valence-electron chi connectivity index (χ3n) is 3.92. The smallest absolute Gasteiger partial charge is 0.0493 e. The van der Waals surface area contributed by atoms with Crippen LogP contribution < -0.4 is 5.32 Å². The first-order valence-electron chi connectivity index (χ1n) is 6.86. The van der Waals surface area contributed by atoms with Gasteiger partial charge in [0.1, 0.15) is 0 Å². The first-order valence-corrected chi connectivity index (χ1v) is 6.86. The minimum Gasteiger partial charge on any atom is -0.384 e. The van der Waals surface area contributed by atoms with E-state index >= 15 is 0 Å². The summed E-state index contributed by atoms with van der Waals surface area (Å²) in [4.78, 5) is 0. The second-order valence-corrected chi connectivity index (χ2v) is 4.96. The van der Waals surface area contributed by atoms with Crippen molar-refractivity contribution in [1.29, 1.82) is 0 Å². The van der Waals surface area contributed by atoms with Crippen molar-refractivity contribution in [3.05, 3.63) is 0 Å². The van der Waals surface area contributed by atoms with E-state index < -0.39 is 0 Å². The summed E-state index contributed by atoms with van der Waals surface area (Å²) < 4.78 is 5.34. The monoisotopic (exact) mass is 229 g/mol. The molecular formula is C14H31NO. The van der Waals surface area contributed by atoms with Crippen LogP contribution in [-0.4, -0.2) is 26.8 Å². The van der Waals surface area contributed by atoms with E-state index in [-0.39, 0.29) is 0 Å². The van der Waals surface area contributed by atoms with Gasteiger partial charge in [-0.1, -0.05) is 40.5 Å². The van der Waals surface area contributed by atoms with Gasteiger partial charge in [-0.15, -0.1) is 0 Å². The zero-order valence-electron chi connectivity index (χ0n) is 11.9. The topological polar surface area (TPSA) is 21.3 Å². The Morgan fingerprint density at radius 3 is 2.38 bits per heavy atom. The molecule has 0 aromatic carbocycles. The lowest BCUT2D eigenvalue weighted by Crippen LogP contribution is -2.40. The Hall–Kier alpha value is -0.0800. The van der Waals surface area contributed by atoms with Gasteiger partial charge in [-0.25, -0.2) is 0 Å². The molecule has 0 rings (SSSR count). The average molecular weight is 229 g/mol. The van der Waals surface area contributed by atoms with Crippen molar-refractivity contribution in [3.63, 3.8) is 0 Å². The lowest BCUT2D eigenvalue weighted by Gasteiger charge is -2.39. The molecule has 2 atom stereocenters. The van der Waals surface area contributed by atoms with Crippen molar-refractivity contribution < 1.29 is 4.74 Å². The van der Waals surface area contributed by atoms with Gasteiger partial charge in [0.05, 0.1) is 0 Å². The number of methoxy groups -OCH3 is 1. The van der Waals surface area contributed by atoms with Gasteiger partial charge in [0.25, 0.3) is 0 Å². The molecule has 16 heavy (non-hydrogen) atoms. The van der Waals surface area contributed by atoms with E-state index in [9.17, 15) is 0 Å². The van der Waals surface area contributed by atoms with Gasteiger partial charge in [0.2, 0.25) is 0 Å². The molecule has 0 aromatic heterocycles. The SMILES string of the molecule is CCCCC(CC)(CNCC)C(C)COC. The summed E-state index contributed by atoms with van der Waals surface area (Å²) in [7, 11) is 1.81. The third-order valence-corrected chi connectivity index (χ3v) is 3.92. The van der Waals surface area contributed by atoms with Gasteiger partial charge >= 0.3 is 0 Å². The predicted molar refractivity (Wildman–Crippen MR) is 71.8 cm³/mol. The number of nitrogens with one attached hydrogen (secondary N) is 1. The summed E-state index contributed by atoms with van der Waals surface area (Å²) in [6, 6.07) is 0. The Kier molecular flexibility index (Phi) is 8.96. The summed E-state index contributed by atoms with van der Waals surface area (Å²) in [6.07, 6.45) is 5.17. The van der Waals surface area contributed by atoms with Crippen molar-refractivity contribution in [2.75, 3.05) is 26.8 Å². The van der Waals surface area contributed by atoms with E-state index in [1.807, 2.05) is 7.11 Å². The van der Waals surface area contributed by atoms with Crippen LogP contribution in [0.15, 0.2) is 0 Å². The Balaban J connectivity index is 4.50. The van der Waals surface area contributed by atoms with Gasteiger partial charge in [0, 0.05) is 20.3 Å². The summed E-state index contributed by atoms with van der Waals surface area (Å²) >= 11 is 0. The van der Waals surface area contributed by atoms with Crippen LogP contribution >= 0.6 is 0 Å². The number of ether oxygens (including phenoxy) is 1. The Bertz CT molecular complexity index is 151. The van der Waals surface area contributed by atoms with Crippen LogP contribution in [0.1, 0.15) is 53.4 Å². The van der Waals surface area contributed by atoms with Gasteiger partial charge in [-0.05, 0) is 30.7 Å². The van der Waals surface area contributed by atoms with Crippen molar-refractivity contribution in [2.24, 2.45) is 11.3 Å². The highest BCUT2D eigenvalue weighted by Crippen LogP contribution is 2.36. The van der Waals surface area contributed by atoms with E-state index in [4.69, 9.17) is 4.74 Å². The zero-order valence-corrected chi connectivity index (χ0v) is 11.9. The molecule has 0 radical (unpaired) electrons. The second kappa shape index (κ2) is 9.00. The second-order valence-electron chi connectivity index (χ2n) is 4.96. The Labute approximate surface area is 102 Å². The largest absolute Gasteiger partial charge is 0.384 e. The molecular weight excluding hydrogens is 198 g/mol. The van der Waals surface area contributed by atoms with E-state index in [2.05, 4.69) is 33.0 Å². The number of hydrogen-bond acceptors (Lipinski definition) is 2. The Morgan fingerprint density at radius 1 is 1.25 bits per heavy atom. The van der Waals surface area contributed by atoms with Crippen LogP contribution in [0.2, 0.25) is 0 Å². The molecule has 2 unspecified atom stereocenters. The molecule has 0 aromatic rings. The van der Waals surface area contributed by atoms with Crippen molar-refractivity contribution >= 4 is 0 Å². The molecule has 98 valence electrons. The maximum absolute atomic E-state index is 5.34. The average Bonchev–Trinajstić information content (AvgIpc) is 2.30. The fraction of sp³-hybridized carbons (Fsp3) is 1.00. The summed E-state index contributed by atoms with van der Waals surface area (Å²) in [5, 5.41) is 3.53. The first kappa shape index (κ1) is 15.9. The quantitative estimate of drug-likeness (QED) is 0.619. The highest BCUT2D eigenvalue weighted by Gasteiger charge is 2.33. The zero-order chi connectivity index (χ0) is 12.4. The minimum absolute atomic E-state index is 0.419. The summed E-state index contributed by atoms with van der Waals surface area (Å²) in [5.41, 5.74) is 0.419. The number of hydrogen-bond donors (Lipinski definition) is 1. The standard InChI is InChI=1S/C14H31NO/c1-6-9-10-14(7-2,12-15-8-3)13(4)11-16-5/h13,15H,6-12H2,1-5H3. The molecule has 0 heterocycles. The normalized spacial score (nSPS) is 17.1. The molecule has 0 amide bonds. The van der Waals surface area contributed by atoms with E-state index in [1.165, 1.54) is 25.7 Å². The molecule has 2 nitrogen and oxygen atoms in total. The highest BCUT2D eigenvalue weighted by molar-refractivity contribution is 4.85. The minimum atomic E-state index is 0.419. The molecule has 0 aliphatic heterocycles. The lowest BCUT2D eigenvalue weighted by atomic mass is 9.70. The fourth-order valence-corrected chi connectivity index (χ4v) is 2.49. The van der Waals surface area contributed by atoms with Crippen LogP contribution in [0.25, 0.3) is 0 Å². The highest BCUT2D eigenvalue weighted by atomic mass is 16.5. The van der Waals surface area contributed by atoms with Crippen LogP contribution in [0.3, 0.4) is 0 Å². The van der Waals surface area contributed by atoms with Crippen LogP contribution in [0.5, 0.6) is 0 Å². The molecule has 0 bridgehead atoms. The Morgan fingerprint density at radius 2 is 1.94 bits per heavy atom. The molecule has 0 aliphatic carbocycles. The van der Waals surface area contributed by atoms with Gasteiger partial charge < -0.3 is 10.1 Å². The summed E-state index contributed by atoms with van der Waals surface area (Å²) in [6.45, 7) is 12.2. The van der Waals surface area contributed by atoms with E-state index in [0.29, 0.717) is 11.3 Å². The van der Waals surface area contributed by atoms with Gasteiger partial charge in [-0.3, -0.25) is 0 Å². The maximum Gasteiger partial charge on any atom is 0.0493 e. The predicted octanol–water partition coefficient (Wildman–Crippen LogP) is 3.47. The molecule has 2 heteroatoms.